The number of benzene rings is 1. The summed E-state index contributed by atoms with van der Waals surface area (Å²) in [4.78, 5) is 27.0. The molecule has 1 aliphatic heterocycles. The van der Waals surface area contributed by atoms with E-state index in [1.807, 2.05) is 42.5 Å². The molecule has 3 rings (SSSR count). The zero-order valence-corrected chi connectivity index (χ0v) is 17.9. The molecule has 1 amide bonds. The van der Waals surface area contributed by atoms with Crippen molar-refractivity contribution in [2.75, 3.05) is 19.8 Å². The van der Waals surface area contributed by atoms with Gasteiger partial charge in [0.2, 0.25) is 0 Å². The molecule has 7 nitrogen and oxygen atoms in total. The number of carbonyl (C=O) groups is 2. The van der Waals surface area contributed by atoms with Gasteiger partial charge in [-0.3, -0.25) is 14.3 Å². The minimum Gasteiger partial charge on any atom is -0.447 e. The van der Waals surface area contributed by atoms with E-state index in [2.05, 4.69) is 0 Å². The fourth-order valence-electron chi connectivity index (χ4n) is 4.24. The van der Waals surface area contributed by atoms with E-state index in [4.69, 9.17) is 13.8 Å². The lowest BCUT2D eigenvalue weighted by Gasteiger charge is -2.41. The average Bonchev–Trinajstić information content (AvgIpc) is 3.09. The molecule has 1 saturated heterocycles. The van der Waals surface area contributed by atoms with E-state index in [-0.39, 0.29) is 31.6 Å². The second kappa shape index (κ2) is 9.24. The molecule has 1 aromatic carbocycles. The van der Waals surface area contributed by atoms with Crippen LogP contribution in [0.25, 0.3) is 0 Å². The predicted octanol–water partition coefficient (Wildman–Crippen LogP) is 4.35. The molecule has 8 heteroatoms. The third-order valence-electron chi connectivity index (χ3n) is 5.40. The van der Waals surface area contributed by atoms with Gasteiger partial charge in [0.05, 0.1) is 36.9 Å². The van der Waals surface area contributed by atoms with Crippen molar-refractivity contribution in [3.63, 3.8) is 0 Å². The molecule has 158 valence electrons. The van der Waals surface area contributed by atoms with Crippen molar-refractivity contribution in [3.05, 3.63) is 48.0 Å². The Hall–Kier alpha value is -1.95. The maximum Gasteiger partial charge on any atom is 0.411 e. The molecule has 29 heavy (non-hydrogen) atoms. The first-order valence-electron chi connectivity index (χ1n) is 9.98. The number of allylic oxidation sites excluding steroid dienone is 1. The molecule has 0 radical (unpaired) electrons. The Bertz CT molecular complexity index is 801. The number of Topliss-reactive ketones (excluding diaryl/α,β-unsaturated/α-hetero) is 1. The first-order chi connectivity index (χ1) is 13.9. The van der Waals surface area contributed by atoms with E-state index in [0.717, 1.165) is 5.56 Å². The van der Waals surface area contributed by atoms with Gasteiger partial charge in [0, 0.05) is 0 Å². The quantitative estimate of drug-likeness (QED) is 0.459. The van der Waals surface area contributed by atoms with Crippen LogP contribution in [0.2, 0.25) is 0 Å². The molecule has 1 heterocycles. The van der Waals surface area contributed by atoms with Gasteiger partial charge in [-0.05, 0) is 32.8 Å². The van der Waals surface area contributed by atoms with E-state index in [1.165, 1.54) is 6.92 Å². The Morgan fingerprint density at radius 3 is 2.45 bits per heavy atom. The number of ketones is 1. The van der Waals surface area contributed by atoms with E-state index >= 15 is 0 Å². The molecule has 0 N–H and O–H groups in total. The summed E-state index contributed by atoms with van der Waals surface area (Å²) in [6, 6.07) is 8.65. The minimum atomic E-state index is -3.54. The third-order valence-corrected chi connectivity index (χ3v) is 7.98. The zero-order chi connectivity index (χ0) is 21.0. The molecule has 4 atom stereocenters. The van der Waals surface area contributed by atoms with Crippen LogP contribution in [-0.4, -0.2) is 48.3 Å². The van der Waals surface area contributed by atoms with Gasteiger partial charge in [0.15, 0.2) is 0 Å². The first kappa shape index (κ1) is 21.8. The average molecular weight is 421 g/mol. The van der Waals surface area contributed by atoms with Crippen LogP contribution in [-0.2, 0) is 23.1 Å². The van der Waals surface area contributed by atoms with Crippen LogP contribution in [0.4, 0.5) is 4.79 Å². The van der Waals surface area contributed by atoms with E-state index in [0.29, 0.717) is 6.42 Å². The summed E-state index contributed by atoms with van der Waals surface area (Å²) in [5, 5.41) is 0. The fraction of sp³-hybridized carbons (Fsp3) is 0.524. The molecular formula is C21H28NO6P. The van der Waals surface area contributed by atoms with Crippen molar-refractivity contribution < 1.29 is 27.9 Å². The van der Waals surface area contributed by atoms with Gasteiger partial charge < -0.3 is 13.8 Å². The number of cyclic esters (lactones) is 1. The smallest absolute Gasteiger partial charge is 0.411 e. The number of nitrogens with zero attached hydrogens (tertiary/aromatic N) is 1. The lowest BCUT2D eigenvalue weighted by Crippen LogP contribution is -2.49. The molecule has 0 spiro atoms. The summed E-state index contributed by atoms with van der Waals surface area (Å²) in [6.45, 7) is 5.58. The van der Waals surface area contributed by atoms with Crippen LogP contribution in [0.3, 0.4) is 0 Å². The fourth-order valence-corrected chi connectivity index (χ4v) is 6.57. The van der Waals surface area contributed by atoms with Crippen molar-refractivity contribution in [1.82, 2.24) is 4.90 Å². The monoisotopic (exact) mass is 421 g/mol. The second-order valence-corrected chi connectivity index (χ2v) is 9.40. The molecular weight excluding hydrogens is 393 g/mol. The molecule has 0 aromatic heterocycles. The molecule has 1 aromatic rings. The van der Waals surface area contributed by atoms with Crippen LogP contribution >= 0.6 is 7.60 Å². The van der Waals surface area contributed by atoms with Crippen molar-refractivity contribution in [2.24, 2.45) is 5.92 Å². The van der Waals surface area contributed by atoms with Gasteiger partial charge in [0.25, 0.3) is 0 Å². The number of ether oxygens (including phenoxy) is 1. The van der Waals surface area contributed by atoms with E-state index < -0.39 is 31.3 Å². The Labute approximate surface area is 171 Å². The van der Waals surface area contributed by atoms with Gasteiger partial charge in [-0.15, -0.1) is 0 Å². The van der Waals surface area contributed by atoms with Gasteiger partial charge in [-0.25, -0.2) is 4.79 Å². The topological polar surface area (TPSA) is 82.1 Å². The van der Waals surface area contributed by atoms with Crippen LogP contribution < -0.4 is 0 Å². The van der Waals surface area contributed by atoms with Crippen molar-refractivity contribution in [3.8, 4) is 0 Å². The summed E-state index contributed by atoms with van der Waals surface area (Å²) in [7, 11) is -3.54. The minimum absolute atomic E-state index is 0.157. The number of amides is 1. The second-order valence-electron chi connectivity index (χ2n) is 7.14. The zero-order valence-electron chi connectivity index (χ0n) is 17.0. The van der Waals surface area contributed by atoms with Crippen molar-refractivity contribution in [2.45, 2.75) is 44.9 Å². The Balaban J connectivity index is 2.00. The lowest BCUT2D eigenvalue weighted by atomic mass is 9.84. The van der Waals surface area contributed by atoms with Gasteiger partial charge in [0.1, 0.15) is 12.4 Å². The number of carbonyl (C=O) groups excluding carboxylic acids is 2. The van der Waals surface area contributed by atoms with Crippen LogP contribution in [0, 0.1) is 5.92 Å². The highest BCUT2D eigenvalue weighted by molar-refractivity contribution is 7.54. The van der Waals surface area contributed by atoms with Crippen LogP contribution in [0.1, 0.15) is 38.8 Å². The predicted molar refractivity (Wildman–Crippen MR) is 109 cm³/mol. The van der Waals surface area contributed by atoms with E-state index in [1.54, 1.807) is 18.7 Å². The maximum absolute atomic E-state index is 13.5. The van der Waals surface area contributed by atoms with Gasteiger partial charge in [-0.1, -0.05) is 42.5 Å². The summed E-state index contributed by atoms with van der Waals surface area (Å²) in [5.74, 6) is -0.865. The largest absolute Gasteiger partial charge is 0.447 e. The SMILES string of the molecule is CCOP(=O)(OCC)[C@@H]1CC=C[C@@H](N2C(=O)OC[C@H]2c2ccccc2)C1C(C)=O. The Morgan fingerprint density at radius 2 is 1.86 bits per heavy atom. The highest BCUT2D eigenvalue weighted by atomic mass is 31.2. The maximum atomic E-state index is 13.5. The molecule has 0 saturated carbocycles. The summed E-state index contributed by atoms with van der Waals surface area (Å²) < 4.78 is 30.0. The lowest BCUT2D eigenvalue weighted by molar-refractivity contribution is -0.122. The number of hydrogen-bond donors (Lipinski definition) is 0. The molecule has 1 fully saturated rings. The van der Waals surface area contributed by atoms with Crippen molar-refractivity contribution >= 4 is 19.5 Å². The van der Waals surface area contributed by atoms with Crippen molar-refractivity contribution in [1.29, 1.82) is 0 Å². The van der Waals surface area contributed by atoms with E-state index in [9.17, 15) is 14.2 Å². The standard InChI is InChI=1S/C21H28NO6P/c1-4-27-29(25,28-5-2)19-13-9-12-17(20(19)15(3)23)22-18(14-26-21(22)24)16-10-7-6-8-11-16/h6-12,17-20H,4-5,13-14H2,1-3H3/t17-,18+,19-,20?/m1/s1. The molecule has 1 aliphatic carbocycles. The highest BCUT2D eigenvalue weighted by Gasteiger charge is 2.51. The Morgan fingerprint density at radius 1 is 1.21 bits per heavy atom. The van der Waals surface area contributed by atoms with Crippen LogP contribution in [0.15, 0.2) is 42.5 Å². The van der Waals surface area contributed by atoms with Gasteiger partial charge in [-0.2, -0.15) is 0 Å². The number of rotatable bonds is 8. The highest BCUT2D eigenvalue weighted by Crippen LogP contribution is 2.59. The van der Waals surface area contributed by atoms with Gasteiger partial charge >= 0.3 is 13.7 Å². The normalized spacial score (nSPS) is 27.1. The third kappa shape index (κ3) is 4.32. The molecule has 0 bridgehead atoms. The Kier molecular flexibility index (Phi) is 6.93. The first-order valence-corrected chi connectivity index (χ1v) is 11.6. The summed E-state index contributed by atoms with van der Waals surface area (Å²) in [5.41, 5.74) is 0.272. The van der Waals surface area contributed by atoms with Crippen LogP contribution in [0.5, 0.6) is 0 Å². The molecule has 1 unspecified atom stereocenters. The summed E-state index contributed by atoms with van der Waals surface area (Å²) >= 11 is 0. The summed E-state index contributed by atoms with van der Waals surface area (Å²) in [6.07, 6.45) is 3.60. The number of hydrogen-bond acceptors (Lipinski definition) is 6. The molecule has 2 aliphatic rings.